The van der Waals surface area contributed by atoms with E-state index in [9.17, 15) is 9.18 Å². The summed E-state index contributed by atoms with van der Waals surface area (Å²) < 4.78 is 13.8. The van der Waals surface area contributed by atoms with E-state index in [-0.39, 0.29) is 18.1 Å². The molecule has 0 saturated heterocycles. The number of nitriles is 1. The second-order valence-corrected chi connectivity index (χ2v) is 4.58. The minimum atomic E-state index is -0.341. The molecule has 0 saturated carbocycles. The quantitative estimate of drug-likeness (QED) is 0.789. The second-order valence-electron chi connectivity index (χ2n) is 4.58. The Morgan fingerprint density at radius 2 is 1.86 bits per heavy atom. The van der Waals surface area contributed by atoms with Crippen LogP contribution in [0.1, 0.15) is 22.8 Å². The Kier molecular flexibility index (Phi) is 4.68. The van der Waals surface area contributed by atoms with Crippen LogP contribution in [0.3, 0.4) is 0 Å². The molecule has 0 aromatic heterocycles. The molecule has 2 aromatic carbocycles. The van der Waals surface area contributed by atoms with E-state index in [0.717, 1.165) is 0 Å². The van der Waals surface area contributed by atoms with E-state index in [0.29, 0.717) is 23.4 Å². The van der Waals surface area contributed by atoms with Gasteiger partial charge in [0.05, 0.1) is 23.9 Å². The number of anilines is 1. The van der Waals surface area contributed by atoms with E-state index >= 15 is 0 Å². The highest BCUT2D eigenvalue weighted by molar-refractivity contribution is 5.99. The smallest absolute Gasteiger partial charge is 0.182 e. The van der Waals surface area contributed by atoms with Crippen LogP contribution in [0.25, 0.3) is 0 Å². The summed E-state index contributed by atoms with van der Waals surface area (Å²) >= 11 is 0. The molecule has 0 atom stereocenters. The predicted molar refractivity (Wildman–Crippen MR) is 79.8 cm³/mol. The van der Waals surface area contributed by atoms with Gasteiger partial charge in [-0.2, -0.15) is 5.26 Å². The fourth-order valence-corrected chi connectivity index (χ4v) is 2.07. The Balaban J connectivity index is 2.16. The molecule has 2 rings (SSSR count). The third kappa shape index (κ3) is 3.46. The lowest BCUT2D eigenvalue weighted by atomic mass is 10.1. The molecule has 0 aliphatic carbocycles. The van der Waals surface area contributed by atoms with Crippen molar-refractivity contribution in [2.24, 2.45) is 0 Å². The minimum Gasteiger partial charge on any atom is -0.362 e. The Labute approximate surface area is 123 Å². The van der Waals surface area contributed by atoms with Gasteiger partial charge in [0.2, 0.25) is 0 Å². The highest BCUT2D eigenvalue weighted by atomic mass is 19.1. The number of para-hydroxylation sites is 1. The molecule has 0 amide bonds. The Hall–Kier alpha value is -2.67. The zero-order valence-corrected chi connectivity index (χ0v) is 11.7. The fraction of sp³-hybridized carbons (Fsp3) is 0.176. The minimum absolute atomic E-state index is 0.101. The summed E-state index contributed by atoms with van der Waals surface area (Å²) in [6.45, 7) is 2.50. The van der Waals surface area contributed by atoms with Gasteiger partial charge < -0.3 is 4.90 Å². The topological polar surface area (TPSA) is 44.1 Å². The van der Waals surface area contributed by atoms with Crippen LogP contribution < -0.4 is 4.90 Å². The van der Waals surface area contributed by atoms with E-state index in [1.54, 1.807) is 47.4 Å². The van der Waals surface area contributed by atoms with Crippen molar-refractivity contribution in [1.82, 2.24) is 0 Å². The van der Waals surface area contributed by atoms with Crippen molar-refractivity contribution in [3.8, 4) is 6.07 Å². The predicted octanol–water partition coefficient (Wildman–Crippen LogP) is 3.41. The third-order valence-corrected chi connectivity index (χ3v) is 3.25. The molecule has 4 heteroatoms. The summed E-state index contributed by atoms with van der Waals surface area (Å²) in [6, 6.07) is 14.9. The average molecular weight is 282 g/mol. The van der Waals surface area contributed by atoms with E-state index in [2.05, 4.69) is 0 Å². The lowest BCUT2D eigenvalue weighted by molar-refractivity contribution is 0.0999. The molecule has 0 bridgehead atoms. The SMILES string of the molecule is CCN(CC(=O)c1ccc(C#N)cc1)c1ccccc1F. The maximum atomic E-state index is 13.8. The molecule has 0 aliphatic rings. The molecular weight excluding hydrogens is 267 g/mol. The van der Waals surface area contributed by atoms with Crippen LogP contribution in [-0.4, -0.2) is 18.9 Å². The van der Waals surface area contributed by atoms with Crippen molar-refractivity contribution in [2.75, 3.05) is 18.0 Å². The summed E-state index contributed by atoms with van der Waals surface area (Å²) in [4.78, 5) is 13.9. The van der Waals surface area contributed by atoms with Gasteiger partial charge in [0.1, 0.15) is 5.82 Å². The van der Waals surface area contributed by atoms with Crippen molar-refractivity contribution in [1.29, 1.82) is 5.26 Å². The number of halogens is 1. The van der Waals surface area contributed by atoms with Gasteiger partial charge in [-0.05, 0) is 31.2 Å². The van der Waals surface area contributed by atoms with Gasteiger partial charge in [-0.3, -0.25) is 4.79 Å². The summed E-state index contributed by atoms with van der Waals surface area (Å²) in [6.07, 6.45) is 0. The number of likely N-dealkylation sites (N-methyl/N-ethyl adjacent to an activating group) is 1. The van der Waals surface area contributed by atoms with Gasteiger partial charge in [-0.15, -0.1) is 0 Å². The Bertz CT molecular complexity index is 674. The highest BCUT2D eigenvalue weighted by Crippen LogP contribution is 2.19. The third-order valence-electron chi connectivity index (χ3n) is 3.25. The van der Waals surface area contributed by atoms with Crippen LogP contribution in [-0.2, 0) is 0 Å². The first kappa shape index (κ1) is 14.7. The van der Waals surface area contributed by atoms with Crippen LogP contribution in [0.5, 0.6) is 0 Å². The fourth-order valence-electron chi connectivity index (χ4n) is 2.07. The summed E-state index contributed by atoms with van der Waals surface area (Å²) in [7, 11) is 0. The Morgan fingerprint density at radius 1 is 1.19 bits per heavy atom. The van der Waals surface area contributed by atoms with Gasteiger partial charge in [-0.25, -0.2) is 4.39 Å². The van der Waals surface area contributed by atoms with Crippen molar-refractivity contribution >= 4 is 11.5 Å². The average Bonchev–Trinajstić information content (AvgIpc) is 2.53. The molecule has 0 heterocycles. The molecule has 0 spiro atoms. The van der Waals surface area contributed by atoms with Gasteiger partial charge in [0.25, 0.3) is 0 Å². The van der Waals surface area contributed by atoms with Gasteiger partial charge >= 0.3 is 0 Å². The van der Waals surface area contributed by atoms with E-state index in [1.165, 1.54) is 6.07 Å². The lowest BCUT2D eigenvalue weighted by Crippen LogP contribution is -2.30. The maximum absolute atomic E-state index is 13.8. The largest absolute Gasteiger partial charge is 0.362 e. The van der Waals surface area contributed by atoms with Crippen LogP contribution in [0, 0.1) is 17.1 Å². The normalized spacial score (nSPS) is 9.95. The summed E-state index contributed by atoms with van der Waals surface area (Å²) in [5.74, 6) is -0.448. The first-order chi connectivity index (χ1) is 10.2. The van der Waals surface area contributed by atoms with Crippen molar-refractivity contribution in [3.05, 3.63) is 65.5 Å². The highest BCUT2D eigenvalue weighted by Gasteiger charge is 2.14. The Morgan fingerprint density at radius 3 is 2.43 bits per heavy atom. The molecule has 2 aromatic rings. The van der Waals surface area contributed by atoms with Gasteiger partial charge in [0.15, 0.2) is 5.78 Å². The number of ketones is 1. The van der Waals surface area contributed by atoms with Crippen LogP contribution in [0.2, 0.25) is 0 Å². The molecular formula is C17H15FN2O. The zero-order chi connectivity index (χ0) is 15.2. The van der Waals surface area contributed by atoms with Crippen LogP contribution >= 0.6 is 0 Å². The molecule has 0 fully saturated rings. The molecule has 0 radical (unpaired) electrons. The molecule has 0 N–H and O–H groups in total. The molecule has 0 aliphatic heterocycles. The van der Waals surface area contributed by atoms with E-state index < -0.39 is 0 Å². The number of hydrogen-bond donors (Lipinski definition) is 0. The molecule has 0 unspecified atom stereocenters. The monoisotopic (exact) mass is 282 g/mol. The van der Waals surface area contributed by atoms with Gasteiger partial charge in [0, 0.05) is 12.1 Å². The second kappa shape index (κ2) is 6.67. The standard InChI is InChI=1S/C17H15FN2O/c1-2-20(16-6-4-3-5-15(16)18)12-17(21)14-9-7-13(11-19)8-10-14/h3-10H,2,12H2,1H3. The van der Waals surface area contributed by atoms with E-state index in [4.69, 9.17) is 5.26 Å². The first-order valence-electron chi connectivity index (χ1n) is 6.68. The number of rotatable bonds is 5. The van der Waals surface area contributed by atoms with Crippen molar-refractivity contribution in [2.45, 2.75) is 6.92 Å². The number of carbonyl (C=O) groups is 1. The number of nitrogens with zero attached hydrogens (tertiary/aromatic N) is 2. The zero-order valence-electron chi connectivity index (χ0n) is 11.7. The molecule has 106 valence electrons. The lowest BCUT2D eigenvalue weighted by Gasteiger charge is -2.22. The van der Waals surface area contributed by atoms with Gasteiger partial charge in [-0.1, -0.05) is 24.3 Å². The molecule has 21 heavy (non-hydrogen) atoms. The van der Waals surface area contributed by atoms with E-state index in [1.807, 2.05) is 13.0 Å². The first-order valence-corrected chi connectivity index (χ1v) is 6.68. The summed E-state index contributed by atoms with van der Waals surface area (Å²) in [5.41, 5.74) is 1.44. The molecule has 3 nitrogen and oxygen atoms in total. The number of benzene rings is 2. The van der Waals surface area contributed by atoms with Crippen LogP contribution in [0.15, 0.2) is 48.5 Å². The van der Waals surface area contributed by atoms with Crippen molar-refractivity contribution in [3.63, 3.8) is 0 Å². The van der Waals surface area contributed by atoms with Crippen molar-refractivity contribution < 1.29 is 9.18 Å². The number of Topliss-reactive ketones (excluding diaryl/α,β-unsaturated/α-hetero) is 1. The maximum Gasteiger partial charge on any atom is 0.182 e. The number of hydrogen-bond acceptors (Lipinski definition) is 3. The number of carbonyl (C=O) groups excluding carboxylic acids is 1. The summed E-state index contributed by atoms with van der Waals surface area (Å²) in [5, 5.41) is 8.74. The van der Waals surface area contributed by atoms with Crippen LogP contribution in [0.4, 0.5) is 10.1 Å².